The molecule has 0 radical (unpaired) electrons. The highest BCUT2D eigenvalue weighted by atomic mass is 16.3. The van der Waals surface area contributed by atoms with Gasteiger partial charge in [-0.15, -0.1) is 0 Å². The van der Waals surface area contributed by atoms with Gasteiger partial charge >= 0.3 is 0 Å². The van der Waals surface area contributed by atoms with Crippen LogP contribution in [0.5, 0.6) is 0 Å². The zero-order chi connectivity index (χ0) is 15.8. The maximum atomic E-state index is 11.2. The summed E-state index contributed by atoms with van der Waals surface area (Å²) in [7, 11) is 0. The van der Waals surface area contributed by atoms with Crippen LogP contribution in [0.1, 0.15) is 65.2 Å². The lowest BCUT2D eigenvalue weighted by molar-refractivity contribution is -0.205. The van der Waals surface area contributed by atoms with Crippen LogP contribution in [0, 0.1) is 34.0 Å². The molecule has 0 aromatic heterocycles. The molecule has 124 valence electrons. The maximum Gasteiger partial charge on any atom is 0.0605 e. The molecule has 4 fully saturated rings. The normalized spacial score (nSPS) is 57.4. The monoisotopic (exact) mass is 304 g/mol. The number of allylic oxidation sites excluding steroid dienone is 1. The lowest BCUT2D eigenvalue weighted by Crippen LogP contribution is -2.62. The second kappa shape index (κ2) is 4.60. The smallest absolute Gasteiger partial charge is 0.0605 e. The number of hydrogen-bond donors (Lipinski definition) is 2. The van der Waals surface area contributed by atoms with Gasteiger partial charge in [0.1, 0.15) is 0 Å². The van der Waals surface area contributed by atoms with E-state index in [2.05, 4.69) is 20.4 Å². The molecule has 1 spiro atoms. The standard InChI is InChI=1S/C20H32O2/c1-13-10-20-11-14(13)5-6-15(20)19(3)8-4-7-18(2,12-21)16(19)9-17(20)22/h14-17,21-22H,1,4-12H2,2-3H3/t14-,15?,16?,17+,18-,19+,20+/m1/s1. The summed E-state index contributed by atoms with van der Waals surface area (Å²) in [6.45, 7) is 9.36. The van der Waals surface area contributed by atoms with Crippen molar-refractivity contribution in [2.75, 3.05) is 6.61 Å². The first-order valence-corrected chi connectivity index (χ1v) is 9.32. The van der Waals surface area contributed by atoms with Crippen LogP contribution in [0.2, 0.25) is 0 Å². The fourth-order valence-corrected chi connectivity index (χ4v) is 7.58. The molecule has 4 rings (SSSR count). The highest BCUT2D eigenvalue weighted by Crippen LogP contribution is 2.71. The van der Waals surface area contributed by atoms with E-state index in [1.807, 2.05) is 0 Å². The quantitative estimate of drug-likeness (QED) is 0.721. The molecule has 2 N–H and O–H groups in total. The van der Waals surface area contributed by atoms with E-state index in [4.69, 9.17) is 0 Å². The Kier molecular flexibility index (Phi) is 3.18. The number of aliphatic hydroxyl groups is 2. The Morgan fingerprint density at radius 2 is 1.95 bits per heavy atom. The third-order valence-corrected chi connectivity index (χ3v) is 8.64. The van der Waals surface area contributed by atoms with Gasteiger partial charge in [0.05, 0.1) is 6.10 Å². The molecule has 0 aliphatic heterocycles. The predicted octanol–water partition coefficient (Wildman–Crippen LogP) is 3.92. The zero-order valence-corrected chi connectivity index (χ0v) is 14.3. The van der Waals surface area contributed by atoms with E-state index in [0.717, 1.165) is 19.3 Å². The molecule has 4 saturated carbocycles. The third kappa shape index (κ3) is 1.69. The van der Waals surface area contributed by atoms with Crippen molar-refractivity contribution in [3.8, 4) is 0 Å². The fraction of sp³-hybridized carbons (Fsp3) is 0.900. The van der Waals surface area contributed by atoms with Gasteiger partial charge in [-0.3, -0.25) is 0 Å². The van der Waals surface area contributed by atoms with Gasteiger partial charge in [-0.1, -0.05) is 32.4 Å². The second-order valence-corrected chi connectivity index (χ2v) is 9.57. The van der Waals surface area contributed by atoms with E-state index in [0.29, 0.717) is 23.2 Å². The van der Waals surface area contributed by atoms with Gasteiger partial charge in [-0.05, 0) is 73.5 Å². The first-order chi connectivity index (χ1) is 10.4. The van der Waals surface area contributed by atoms with E-state index in [1.54, 1.807) is 0 Å². The molecular formula is C20H32O2. The molecule has 4 aliphatic carbocycles. The summed E-state index contributed by atoms with van der Waals surface area (Å²) in [4.78, 5) is 0. The van der Waals surface area contributed by atoms with Crippen molar-refractivity contribution >= 4 is 0 Å². The van der Waals surface area contributed by atoms with Gasteiger partial charge in [-0.25, -0.2) is 0 Å². The van der Waals surface area contributed by atoms with Crippen LogP contribution in [-0.2, 0) is 0 Å². The average Bonchev–Trinajstić information content (AvgIpc) is 2.73. The van der Waals surface area contributed by atoms with Crippen molar-refractivity contribution in [2.45, 2.75) is 71.3 Å². The molecule has 2 bridgehead atoms. The van der Waals surface area contributed by atoms with E-state index in [1.165, 1.54) is 37.7 Å². The van der Waals surface area contributed by atoms with Crippen molar-refractivity contribution in [2.24, 2.45) is 34.0 Å². The molecule has 2 unspecified atom stereocenters. The van der Waals surface area contributed by atoms with E-state index >= 15 is 0 Å². The lowest BCUT2D eigenvalue weighted by Gasteiger charge is -2.65. The van der Waals surface area contributed by atoms with Crippen LogP contribution in [0.25, 0.3) is 0 Å². The number of fused-ring (bicyclic) bond motifs is 3. The lowest BCUT2D eigenvalue weighted by atomic mass is 9.40. The molecular weight excluding hydrogens is 272 g/mol. The van der Waals surface area contributed by atoms with Gasteiger partial charge in [0.25, 0.3) is 0 Å². The Morgan fingerprint density at radius 1 is 1.18 bits per heavy atom. The number of aliphatic hydroxyl groups excluding tert-OH is 2. The molecule has 0 heterocycles. The van der Waals surface area contributed by atoms with Gasteiger partial charge in [0.15, 0.2) is 0 Å². The summed E-state index contributed by atoms with van der Waals surface area (Å²) in [5, 5.41) is 21.2. The van der Waals surface area contributed by atoms with Crippen LogP contribution >= 0.6 is 0 Å². The molecule has 2 heteroatoms. The van der Waals surface area contributed by atoms with Crippen molar-refractivity contribution < 1.29 is 10.2 Å². The largest absolute Gasteiger partial charge is 0.396 e. The molecule has 7 atom stereocenters. The highest BCUT2D eigenvalue weighted by molar-refractivity contribution is 5.24. The minimum atomic E-state index is -0.193. The molecule has 0 saturated heterocycles. The zero-order valence-electron chi connectivity index (χ0n) is 14.3. The van der Waals surface area contributed by atoms with Crippen LogP contribution in [0.3, 0.4) is 0 Å². The summed E-state index contributed by atoms with van der Waals surface area (Å²) in [6.07, 6.45) is 9.10. The van der Waals surface area contributed by atoms with Crippen LogP contribution < -0.4 is 0 Å². The minimum Gasteiger partial charge on any atom is -0.396 e. The summed E-state index contributed by atoms with van der Waals surface area (Å²) >= 11 is 0. The van der Waals surface area contributed by atoms with Crippen molar-refractivity contribution in [1.82, 2.24) is 0 Å². The minimum absolute atomic E-state index is 0.00204. The van der Waals surface area contributed by atoms with E-state index in [-0.39, 0.29) is 23.5 Å². The summed E-state index contributed by atoms with van der Waals surface area (Å²) in [5.74, 6) is 1.75. The van der Waals surface area contributed by atoms with Gasteiger partial charge < -0.3 is 10.2 Å². The highest BCUT2D eigenvalue weighted by Gasteiger charge is 2.66. The number of rotatable bonds is 1. The van der Waals surface area contributed by atoms with E-state index < -0.39 is 0 Å². The Morgan fingerprint density at radius 3 is 2.68 bits per heavy atom. The van der Waals surface area contributed by atoms with Crippen LogP contribution in [0.4, 0.5) is 0 Å². The fourth-order valence-electron chi connectivity index (χ4n) is 7.58. The SMILES string of the molecule is C=C1C[C@]23C[C@H]1CCC2[C@]1(C)CCC[C@](C)(CO)C1C[C@@H]3O. The van der Waals surface area contributed by atoms with Crippen LogP contribution in [-0.4, -0.2) is 22.9 Å². The molecule has 0 aromatic carbocycles. The Balaban J connectivity index is 1.78. The van der Waals surface area contributed by atoms with Gasteiger partial charge in [-0.2, -0.15) is 0 Å². The molecule has 22 heavy (non-hydrogen) atoms. The van der Waals surface area contributed by atoms with Crippen LogP contribution in [0.15, 0.2) is 12.2 Å². The van der Waals surface area contributed by atoms with Crippen molar-refractivity contribution in [3.63, 3.8) is 0 Å². The number of hydrogen-bond acceptors (Lipinski definition) is 2. The average molecular weight is 304 g/mol. The molecule has 0 amide bonds. The summed E-state index contributed by atoms with van der Waals surface area (Å²) in [6, 6.07) is 0. The third-order valence-electron chi connectivity index (χ3n) is 8.64. The Bertz CT molecular complexity index is 500. The Labute approximate surface area is 135 Å². The summed E-state index contributed by atoms with van der Waals surface area (Å²) < 4.78 is 0. The van der Waals surface area contributed by atoms with Crippen molar-refractivity contribution in [1.29, 1.82) is 0 Å². The predicted molar refractivity (Wildman–Crippen MR) is 88.3 cm³/mol. The first-order valence-electron chi connectivity index (χ1n) is 9.32. The molecule has 2 nitrogen and oxygen atoms in total. The molecule has 4 aliphatic rings. The van der Waals surface area contributed by atoms with Crippen molar-refractivity contribution in [3.05, 3.63) is 12.2 Å². The summed E-state index contributed by atoms with van der Waals surface area (Å²) in [5.41, 5.74) is 1.82. The first kappa shape index (κ1) is 15.2. The van der Waals surface area contributed by atoms with E-state index in [9.17, 15) is 10.2 Å². The maximum absolute atomic E-state index is 11.2. The second-order valence-electron chi connectivity index (χ2n) is 9.57. The van der Waals surface area contributed by atoms with Gasteiger partial charge in [0.2, 0.25) is 0 Å². The topological polar surface area (TPSA) is 40.5 Å². The molecule has 0 aromatic rings. The van der Waals surface area contributed by atoms with Gasteiger partial charge in [0, 0.05) is 12.0 Å². The Hall–Kier alpha value is -0.340.